The lowest BCUT2D eigenvalue weighted by atomic mass is 10.0. The van der Waals surface area contributed by atoms with Crippen LogP contribution in [0.4, 0.5) is 10.5 Å². The van der Waals surface area contributed by atoms with Gasteiger partial charge in [-0.3, -0.25) is 0 Å². The summed E-state index contributed by atoms with van der Waals surface area (Å²) >= 11 is 3.41. The van der Waals surface area contributed by atoms with Gasteiger partial charge in [-0.25, -0.2) is 4.79 Å². The van der Waals surface area contributed by atoms with Crippen LogP contribution in [0.15, 0.2) is 22.7 Å². The molecular formula is C14H19BrN2O2. The summed E-state index contributed by atoms with van der Waals surface area (Å²) in [7, 11) is 1.62. The van der Waals surface area contributed by atoms with Crippen molar-refractivity contribution in [2.75, 3.05) is 25.5 Å². The Morgan fingerprint density at radius 1 is 1.53 bits per heavy atom. The lowest BCUT2D eigenvalue weighted by Gasteiger charge is -2.30. The van der Waals surface area contributed by atoms with Crippen molar-refractivity contribution in [2.24, 2.45) is 5.92 Å². The van der Waals surface area contributed by atoms with Gasteiger partial charge in [0, 0.05) is 18.8 Å². The van der Waals surface area contributed by atoms with Crippen molar-refractivity contribution in [3.63, 3.8) is 0 Å². The summed E-state index contributed by atoms with van der Waals surface area (Å²) in [5.41, 5.74) is 0.774. The molecule has 1 aromatic rings. The van der Waals surface area contributed by atoms with E-state index in [1.54, 1.807) is 7.11 Å². The third-order valence-corrected chi connectivity index (χ3v) is 3.97. The molecule has 0 aliphatic carbocycles. The molecule has 2 rings (SSSR count). The summed E-state index contributed by atoms with van der Waals surface area (Å²) < 4.78 is 6.00. The number of piperidine rings is 1. The van der Waals surface area contributed by atoms with Gasteiger partial charge >= 0.3 is 6.03 Å². The van der Waals surface area contributed by atoms with Crippen molar-refractivity contribution in [3.8, 4) is 5.75 Å². The number of anilines is 1. The normalized spacial score (nSPS) is 19.1. The van der Waals surface area contributed by atoms with E-state index in [1.807, 2.05) is 23.1 Å². The van der Waals surface area contributed by atoms with Crippen LogP contribution >= 0.6 is 15.9 Å². The van der Waals surface area contributed by atoms with Crippen LogP contribution in [0.3, 0.4) is 0 Å². The molecule has 104 valence electrons. The number of rotatable bonds is 2. The molecule has 0 bridgehead atoms. The minimum Gasteiger partial charge on any atom is -0.496 e. The Balaban J connectivity index is 2.00. The minimum absolute atomic E-state index is 0.0244. The summed E-state index contributed by atoms with van der Waals surface area (Å²) in [6, 6.07) is 5.50. The van der Waals surface area contributed by atoms with Gasteiger partial charge in [-0.15, -0.1) is 0 Å². The average molecular weight is 327 g/mol. The Bertz CT molecular complexity index is 465. The smallest absolute Gasteiger partial charge is 0.321 e. The molecule has 1 aliphatic rings. The highest BCUT2D eigenvalue weighted by Gasteiger charge is 2.20. The molecule has 1 saturated heterocycles. The van der Waals surface area contributed by atoms with Gasteiger partial charge < -0.3 is 15.0 Å². The van der Waals surface area contributed by atoms with Gasteiger partial charge in [0.05, 0.1) is 11.6 Å². The van der Waals surface area contributed by atoms with Gasteiger partial charge in [0.15, 0.2) is 0 Å². The first-order valence-corrected chi connectivity index (χ1v) is 7.29. The molecule has 2 amide bonds. The number of likely N-dealkylation sites (tertiary alicyclic amines) is 1. The molecule has 0 aromatic heterocycles. The Kier molecular flexibility index (Phi) is 4.69. The van der Waals surface area contributed by atoms with Gasteiger partial charge in [-0.2, -0.15) is 0 Å². The number of benzene rings is 1. The first-order valence-electron chi connectivity index (χ1n) is 6.49. The molecule has 1 heterocycles. The van der Waals surface area contributed by atoms with E-state index in [9.17, 15) is 4.79 Å². The predicted molar refractivity (Wildman–Crippen MR) is 79.7 cm³/mol. The van der Waals surface area contributed by atoms with E-state index < -0.39 is 0 Å². The highest BCUT2D eigenvalue weighted by atomic mass is 79.9. The summed E-state index contributed by atoms with van der Waals surface area (Å²) in [4.78, 5) is 14.0. The number of urea groups is 1. The van der Waals surface area contributed by atoms with E-state index in [4.69, 9.17) is 4.74 Å². The second-order valence-electron chi connectivity index (χ2n) is 4.97. The van der Waals surface area contributed by atoms with Gasteiger partial charge in [-0.05, 0) is 52.9 Å². The average Bonchev–Trinajstić information content (AvgIpc) is 2.39. The van der Waals surface area contributed by atoms with Crippen molar-refractivity contribution in [2.45, 2.75) is 19.8 Å². The van der Waals surface area contributed by atoms with Crippen LogP contribution in [0.25, 0.3) is 0 Å². The van der Waals surface area contributed by atoms with E-state index in [2.05, 4.69) is 28.2 Å². The number of hydrogen-bond acceptors (Lipinski definition) is 2. The number of carbonyl (C=O) groups excluding carboxylic acids is 1. The van der Waals surface area contributed by atoms with E-state index in [1.165, 1.54) is 6.42 Å². The number of nitrogens with one attached hydrogen (secondary N) is 1. The number of ether oxygens (including phenoxy) is 1. The lowest BCUT2D eigenvalue weighted by Crippen LogP contribution is -2.41. The summed E-state index contributed by atoms with van der Waals surface area (Å²) in [5.74, 6) is 1.34. The van der Waals surface area contributed by atoms with Crippen LogP contribution in [0, 0.1) is 5.92 Å². The molecule has 0 radical (unpaired) electrons. The van der Waals surface area contributed by atoms with Gasteiger partial charge in [-0.1, -0.05) is 6.92 Å². The van der Waals surface area contributed by atoms with Gasteiger partial charge in [0.1, 0.15) is 5.75 Å². The SMILES string of the molecule is COc1ccc(NC(=O)N2CCCC(C)C2)cc1Br. The maximum absolute atomic E-state index is 12.1. The van der Waals surface area contributed by atoms with Gasteiger partial charge in [0.25, 0.3) is 0 Å². The second kappa shape index (κ2) is 6.28. The van der Waals surface area contributed by atoms with Crippen molar-refractivity contribution in [1.29, 1.82) is 0 Å². The number of carbonyl (C=O) groups is 1. The van der Waals surface area contributed by atoms with Crippen molar-refractivity contribution < 1.29 is 9.53 Å². The van der Waals surface area contributed by atoms with Crippen LogP contribution < -0.4 is 10.1 Å². The number of nitrogens with zero attached hydrogens (tertiary/aromatic N) is 1. The van der Waals surface area contributed by atoms with Crippen LogP contribution in [-0.2, 0) is 0 Å². The molecule has 1 aromatic carbocycles. The Morgan fingerprint density at radius 2 is 2.32 bits per heavy atom. The molecular weight excluding hydrogens is 308 g/mol. The Labute approximate surface area is 122 Å². The standard InChI is InChI=1S/C14H19BrN2O2/c1-10-4-3-7-17(9-10)14(18)16-11-5-6-13(19-2)12(15)8-11/h5-6,8,10H,3-4,7,9H2,1-2H3,(H,16,18). The quantitative estimate of drug-likeness (QED) is 0.899. The van der Waals surface area contributed by atoms with E-state index >= 15 is 0 Å². The number of halogens is 1. The van der Waals surface area contributed by atoms with E-state index in [-0.39, 0.29) is 6.03 Å². The first-order chi connectivity index (χ1) is 9.10. The molecule has 0 spiro atoms. The summed E-state index contributed by atoms with van der Waals surface area (Å²) in [5, 5.41) is 2.93. The Hall–Kier alpha value is -1.23. The zero-order valence-corrected chi connectivity index (χ0v) is 12.9. The highest BCUT2D eigenvalue weighted by molar-refractivity contribution is 9.10. The second-order valence-corrected chi connectivity index (χ2v) is 5.83. The Morgan fingerprint density at radius 3 is 2.95 bits per heavy atom. The first kappa shape index (κ1) is 14.2. The topological polar surface area (TPSA) is 41.6 Å². The molecule has 1 unspecified atom stereocenters. The number of hydrogen-bond donors (Lipinski definition) is 1. The van der Waals surface area contributed by atoms with E-state index in [0.29, 0.717) is 5.92 Å². The fourth-order valence-electron chi connectivity index (χ4n) is 2.32. The molecule has 1 aliphatic heterocycles. The third-order valence-electron chi connectivity index (χ3n) is 3.35. The molecule has 0 saturated carbocycles. The number of methoxy groups -OCH3 is 1. The molecule has 1 fully saturated rings. The zero-order chi connectivity index (χ0) is 13.8. The van der Waals surface area contributed by atoms with Crippen LogP contribution in [0.5, 0.6) is 5.75 Å². The maximum atomic E-state index is 12.1. The van der Waals surface area contributed by atoms with E-state index in [0.717, 1.165) is 35.4 Å². The minimum atomic E-state index is -0.0244. The summed E-state index contributed by atoms with van der Waals surface area (Å²) in [6.45, 7) is 3.86. The van der Waals surface area contributed by atoms with Crippen molar-refractivity contribution >= 4 is 27.6 Å². The van der Waals surface area contributed by atoms with Crippen molar-refractivity contribution in [3.05, 3.63) is 22.7 Å². The zero-order valence-electron chi connectivity index (χ0n) is 11.3. The van der Waals surface area contributed by atoms with Gasteiger partial charge in [0.2, 0.25) is 0 Å². The predicted octanol–water partition coefficient (Wildman–Crippen LogP) is 3.72. The monoisotopic (exact) mass is 326 g/mol. The molecule has 5 heteroatoms. The fourth-order valence-corrected chi connectivity index (χ4v) is 2.86. The fraction of sp³-hybridized carbons (Fsp3) is 0.500. The lowest BCUT2D eigenvalue weighted by molar-refractivity contribution is 0.182. The van der Waals surface area contributed by atoms with Crippen LogP contribution in [-0.4, -0.2) is 31.1 Å². The molecule has 1 atom stereocenters. The maximum Gasteiger partial charge on any atom is 0.321 e. The van der Waals surface area contributed by atoms with Crippen LogP contribution in [0.2, 0.25) is 0 Å². The summed E-state index contributed by atoms with van der Waals surface area (Å²) in [6.07, 6.45) is 2.29. The molecule has 1 N–H and O–H groups in total. The van der Waals surface area contributed by atoms with Crippen LogP contribution in [0.1, 0.15) is 19.8 Å². The van der Waals surface area contributed by atoms with Crippen molar-refractivity contribution in [1.82, 2.24) is 4.90 Å². The third kappa shape index (κ3) is 3.62. The highest BCUT2D eigenvalue weighted by Crippen LogP contribution is 2.28. The molecule has 19 heavy (non-hydrogen) atoms. The molecule has 4 nitrogen and oxygen atoms in total. The number of amides is 2. The largest absolute Gasteiger partial charge is 0.496 e.